The van der Waals surface area contributed by atoms with E-state index in [0.717, 1.165) is 17.9 Å². The molecule has 0 aromatic rings. The maximum atomic E-state index is 3.89. The van der Waals surface area contributed by atoms with Crippen molar-refractivity contribution in [1.82, 2.24) is 10.2 Å². The third-order valence-electron chi connectivity index (χ3n) is 5.74. The van der Waals surface area contributed by atoms with E-state index in [0.29, 0.717) is 5.54 Å². The second-order valence-corrected chi connectivity index (χ2v) is 6.90. The van der Waals surface area contributed by atoms with E-state index in [1.807, 2.05) is 0 Å². The van der Waals surface area contributed by atoms with Crippen LogP contribution < -0.4 is 5.32 Å². The van der Waals surface area contributed by atoms with Crippen molar-refractivity contribution in [2.24, 2.45) is 11.8 Å². The molecule has 2 saturated carbocycles. The summed E-state index contributed by atoms with van der Waals surface area (Å²) < 4.78 is 0. The van der Waals surface area contributed by atoms with Gasteiger partial charge in [0.2, 0.25) is 0 Å². The zero-order valence-corrected chi connectivity index (χ0v) is 11.5. The fourth-order valence-electron chi connectivity index (χ4n) is 4.05. The van der Waals surface area contributed by atoms with Gasteiger partial charge in [-0.05, 0) is 51.5 Å². The summed E-state index contributed by atoms with van der Waals surface area (Å²) in [7, 11) is 2.36. The molecule has 2 unspecified atom stereocenters. The SMILES string of the molecule is CN1CC(C2CCCCC2)NCC1(C)C1CC1. The summed E-state index contributed by atoms with van der Waals surface area (Å²) in [6.07, 6.45) is 10.2. The highest BCUT2D eigenvalue weighted by molar-refractivity contribution is 5.04. The second kappa shape index (κ2) is 4.55. The van der Waals surface area contributed by atoms with Crippen molar-refractivity contribution < 1.29 is 0 Å². The molecule has 1 heterocycles. The first kappa shape index (κ1) is 12.0. The Bertz CT molecular complexity index is 268. The van der Waals surface area contributed by atoms with E-state index in [2.05, 4.69) is 24.2 Å². The van der Waals surface area contributed by atoms with Gasteiger partial charge in [0.1, 0.15) is 0 Å². The molecule has 3 rings (SSSR count). The van der Waals surface area contributed by atoms with Crippen molar-refractivity contribution in [1.29, 1.82) is 0 Å². The van der Waals surface area contributed by atoms with E-state index in [9.17, 15) is 0 Å². The summed E-state index contributed by atoms with van der Waals surface area (Å²) >= 11 is 0. The van der Waals surface area contributed by atoms with Crippen LogP contribution in [0.5, 0.6) is 0 Å². The van der Waals surface area contributed by atoms with Crippen molar-refractivity contribution in [3.8, 4) is 0 Å². The van der Waals surface area contributed by atoms with E-state index >= 15 is 0 Å². The van der Waals surface area contributed by atoms with Gasteiger partial charge >= 0.3 is 0 Å². The van der Waals surface area contributed by atoms with Gasteiger partial charge in [-0.15, -0.1) is 0 Å². The Hall–Kier alpha value is -0.0800. The van der Waals surface area contributed by atoms with Gasteiger partial charge in [-0.25, -0.2) is 0 Å². The fraction of sp³-hybridized carbons (Fsp3) is 1.00. The van der Waals surface area contributed by atoms with Gasteiger partial charge in [-0.2, -0.15) is 0 Å². The van der Waals surface area contributed by atoms with Crippen molar-refractivity contribution in [3.63, 3.8) is 0 Å². The van der Waals surface area contributed by atoms with Crippen LogP contribution in [0.3, 0.4) is 0 Å². The number of piperazine rings is 1. The number of hydrogen-bond acceptors (Lipinski definition) is 2. The molecule has 0 aromatic carbocycles. The van der Waals surface area contributed by atoms with Crippen molar-refractivity contribution >= 4 is 0 Å². The maximum Gasteiger partial charge on any atom is 0.0331 e. The van der Waals surface area contributed by atoms with E-state index in [-0.39, 0.29) is 0 Å². The highest BCUT2D eigenvalue weighted by Gasteiger charge is 2.47. The van der Waals surface area contributed by atoms with Gasteiger partial charge in [0.05, 0.1) is 0 Å². The normalized spacial score (nSPS) is 41.6. The molecule has 17 heavy (non-hydrogen) atoms. The largest absolute Gasteiger partial charge is 0.311 e. The maximum absolute atomic E-state index is 3.89. The van der Waals surface area contributed by atoms with Crippen LogP contribution in [0.1, 0.15) is 51.9 Å². The number of likely N-dealkylation sites (N-methyl/N-ethyl adjacent to an activating group) is 1. The Balaban J connectivity index is 1.60. The lowest BCUT2D eigenvalue weighted by molar-refractivity contribution is 0.0395. The minimum Gasteiger partial charge on any atom is -0.311 e. The molecule has 1 aliphatic heterocycles. The monoisotopic (exact) mass is 236 g/mol. The molecule has 2 heteroatoms. The topological polar surface area (TPSA) is 15.3 Å². The molecular formula is C15H28N2. The van der Waals surface area contributed by atoms with Crippen LogP contribution in [-0.2, 0) is 0 Å². The average Bonchev–Trinajstić information content (AvgIpc) is 3.18. The van der Waals surface area contributed by atoms with Gasteiger partial charge < -0.3 is 5.32 Å². The standard InChI is InChI=1S/C15H28N2/c1-15(13-8-9-13)11-16-14(10-17(15)2)12-6-4-3-5-7-12/h12-14,16H,3-11H2,1-2H3. The van der Waals surface area contributed by atoms with Crippen molar-refractivity contribution in [3.05, 3.63) is 0 Å². The van der Waals surface area contributed by atoms with Gasteiger partial charge in [0, 0.05) is 24.7 Å². The van der Waals surface area contributed by atoms with Crippen LogP contribution in [0.15, 0.2) is 0 Å². The summed E-state index contributed by atoms with van der Waals surface area (Å²) in [6.45, 7) is 4.96. The molecule has 3 aliphatic rings. The Morgan fingerprint density at radius 1 is 1.06 bits per heavy atom. The molecule has 0 bridgehead atoms. The minimum atomic E-state index is 0.450. The first-order valence-corrected chi connectivity index (χ1v) is 7.65. The third kappa shape index (κ3) is 2.26. The van der Waals surface area contributed by atoms with Gasteiger partial charge in [-0.1, -0.05) is 19.3 Å². The van der Waals surface area contributed by atoms with Crippen LogP contribution in [0, 0.1) is 11.8 Å². The van der Waals surface area contributed by atoms with Crippen LogP contribution in [-0.4, -0.2) is 36.6 Å². The molecule has 2 nitrogen and oxygen atoms in total. The summed E-state index contributed by atoms with van der Waals surface area (Å²) in [4.78, 5) is 2.67. The molecule has 98 valence electrons. The lowest BCUT2D eigenvalue weighted by Gasteiger charge is -2.49. The third-order valence-corrected chi connectivity index (χ3v) is 5.74. The molecular weight excluding hydrogens is 208 g/mol. The molecule has 0 aromatic heterocycles. The van der Waals surface area contributed by atoms with Crippen LogP contribution in [0.25, 0.3) is 0 Å². The summed E-state index contributed by atoms with van der Waals surface area (Å²) in [5, 5.41) is 3.89. The lowest BCUT2D eigenvalue weighted by atomic mass is 9.80. The summed E-state index contributed by atoms with van der Waals surface area (Å²) in [6, 6.07) is 0.770. The first-order chi connectivity index (χ1) is 8.20. The van der Waals surface area contributed by atoms with E-state index in [4.69, 9.17) is 0 Å². The van der Waals surface area contributed by atoms with Crippen LogP contribution in [0.2, 0.25) is 0 Å². The first-order valence-electron chi connectivity index (χ1n) is 7.65. The zero-order valence-electron chi connectivity index (χ0n) is 11.5. The lowest BCUT2D eigenvalue weighted by Crippen LogP contribution is -2.64. The van der Waals surface area contributed by atoms with Gasteiger partial charge in [0.15, 0.2) is 0 Å². The Kier molecular flexibility index (Phi) is 3.20. The number of nitrogens with one attached hydrogen (secondary N) is 1. The highest BCUT2D eigenvalue weighted by Crippen LogP contribution is 2.44. The fourth-order valence-corrected chi connectivity index (χ4v) is 4.05. The molecule has 0 spiro atoms. The summed E-state index contributed by atoms with van der Waals surface area (Å²) in [5.74, 6) is 1.92. The van der Waals surface area contributed by atoms with Gasteiger partial charge in [0.25, 0.3) is 0 Å². The Labute approximate surface area is 106 Å². The predicted octanol–water partition coefficient (Wildman–Crippen LogP) is 2.64. The van der Waals surface area contributed by atoms with Gasteiger partial charge in [-0.3, -0.25) is 4.90 Å². The average molecular weight is 236 g/mol. The quantitative estimate of drug-likeness (QED) is 0.793. The molecule has 1 saturated heterocycles. The van der Waals surface area contributed by atoms with Crippen molar-refractivity contribution in [2.75, 3.05) is 20.1 Å². The molecule has 0 radical (unpaired) electrons. The second-order valence-electron chi connectivity index (χ2n) is 6.90. The zero-order chi connectivity index (χ0) is 11.9. The van der Waals surface area contributed by atoms with E-state index in [1.54, 1.807) is 0 Å². The molecule has 3 fully saturated rings. The number of hydrogen-bond donors (Lipinski definition) is 1. The molecule has 0 amide bonds. The summed E-state index contributed by atoms with van der Waals surface area (Å²) in [5.41, 5.74) is 0.450. The smallest absolute Gasteiger partial charge is 0.0331 e. The van der Waals surface area contributed by atoms with Crippen LogP contribution >= 0.6 is 0 Å². The minimum absolute atomic E-state index is 0.450. The number of nitrogens with zero attached hydrogens (tertiary/aromatic N) is 1. The van der Waals surface area contributed by atoms with Crippen LogP contribution in [0.4, 0.5) is 0 Å². The van der Waals surface area contributed by atoms with E-state index < -0.39 is 0 Å². The van der Waals surface area contributed by atoms with E-state index in [1.165, 1.54) is 58.0 Å². The number of rotatable bonds is 2. The highest BCUT2D eigenvalue weighted by atomic mass is 15.3. The predicted molar refractivity (Wildman–Crippen MR) is 72.1 cm³/mol. The Morgan fingerprint density at radius 3 is 2.35 bits per heavy atom. The molecule has 1 N–H and O–H groups in total. The molecule has 2 aliphatic carbocycles. The Morgan fingerprint density at radius 2 is 1.76 bits per heavy atom. The van der Waals surface area contributed by atoms with Crippen molar-refractivity contribution in [2.45, 2.75) is 63.5 Å². The molecule has 2 atom stereocenters.